The van der Waals surface area contributed by atoms with Crippen LogP contribution < -0.4 is 5.43 Å². The van der Waals surface area contributed by atoms with Crippen LogP contribution in [0.5, 0.6) is 0 Å². The molecule has 3 nitrogen and oxygen atoms in total. The molecule has 0 atom stereocenters. The highest BCUT2D eigenvalue weighted by atomic mass is 16.5. The number of nitrogens with one attached hydrogen (secondary N) is 1. The Morgan fingerprint density at radius 2 is 1.86 bits per heavy atom. The summed E-state index contributed by atoms with van der Waals surface area (Å²) in [6.45, 7) is 7.68. The minimum atomic E-state index is 0.00276. The number of ether oxygens (including phenoxy) is 1. The molecule has 1 rings (SSSR count). The summed E-state index contributed by atoms with van der Waals surface area (Å²) >= 11 is 0. The Bertz CT molecular complexity index is 153. The maximum absolute atomic E-state index is 5.37. The van der Waals surface area contributed by atoms with Crippen LogP contribution in [0.3, 0.4) is 0 Å². The summed E-state index contributed by atoms with van der Waals surface area (Å²) in [5.41, 5.74) is 3.47. The van der Waals surface area contributed by atoms with E-state index in [-0.39, 0.29) is 5.60 Å². The first kappa shape index (κ1) is 12.0. The largest absolute Gasteiger partial charge is 0.379 e. The van der Waals surface area contributed by atoms with Crippen LogP contribution in [-0.2, 0) is 4.74 Å². The molecular weight excluding hydrogens is 176 g/mol. The van der Waals surface area contributed by atoms with Crippen LogP contribution in [0.1, 0.15) is 39.5 Å². The molecule has 14 heavy (non-hydrogen) atoms. The molecule has 0 unspecified atom stereocenters. The van der Waals surface area contributed by atoms with Gasteiger partial charge < -0.3 is 4.74 Å². The van der Waals surface area contributed by atoms with Gasteiger partial charge in [0, 0.05) is 26.7 Å². The molecule has 0 spiro atoms. The predicted molar refractivity (Wildman–Crippen MR) is 59.1 cm³/mol. The Labute approximate surface area is 87.8 Å². The number of hydrogen-bond donors (Lipinski definition) is 1. The van der Waals surface area contributed by atoms with Crippen LogP contribution in [0.15, 0.2) is 0 Å². The molecule has 0 aromatic rings. The van der Waals surface area contributed by atoms with E-state index in [2.05, 4.69) is 24.3 Å². The molecule has 0 aromatic carbocycles. The molecule has 1 aliphatic heterocycles. The lowest BCUT2D eigenvalue weighted by molar-refractivity contribution is 0.00978. The van der Waals surface area contributed by atoms with E-state index < -0.39 is 0 Å². The zero-order valence-corrected chi connectivity index (χ0v) is 9.81. The van der Waals surface area contributed by atoms with Gasteiger partial charge in [-0.05, 0) is 33.1 Å². The topological polar surface area (TPSA) is 24.5 Å². The first-order valence-corrected chi connectivity index (χ1v) is 5.68. The zero-order valence-electron chi connectivity index (χ0n) is 9.81. The van der Waals surface area contributed by atoms with Gasteiger partial charge in [-0.2, -0.15) is 0 Å². The Morgan fingerprint density at radius 1 is 1.21 bits per heavy atom. The predicted octanol–water partition coefficient (Wildman–Crippen LogP) is 1.79. The number of methoxy groups -OCH3 is 1. The van der Waals surface area contributed by atoms with Crippen LogP contribution in [0.2, 0.25) is 0 Å². The summed E-state index contributed by atoms with van der Waals surface area (Å²) in [6, 6.07) is 0. The van der Waals surface area contributed by atoms with Crippen molar-refractivity contribution >= 4 is 0 Å². The molecule has 84 valence electrons. The number of nitrogens with zero attached hydrogens (tertiary/aromatic N) is 1. The van der Waals surface area contributed by atoms with Crippen molar-refractivity contribution in [2.75, 3.05) is 26.7 Å². The first-order chi connectivity index (χ1) is 6.64. The smallest absolute Gasteiger partial charge is 0.0635 e. The van der Waals surface area contributed by atoms with E-state index in [4.69, 9.17) is 4.74 Å². The first-order valence-electron chi connectivity index (χ1n) is 5.68. The van der Waals surface area contributed by atoms with Crippen LogP contribution in [0, 0.1) is 0 Å². The molecule has 0 aromatic heterocycles. The van der Waals surface area contributed by atoms with Gasteiger partial charge in [0.2, 0.25) is 0 Å². The third-order valence-electron chi connectivity index (χ3n) is 2.97. The lowest BCUT2D eigenvalue weighted by Crippen LogP contribution is -2.43. The van der Waals surface area contributed by atoms with Crippen molar-refractivity contribution in [1.82, 2.24) is 10.4 Å². The summed E-state index contributed by atoms with van der Waals surface area (Å²) in [5, 5.41) is 2.34. The highest BCUT2D eigenvalue weighted by Gasteiger charge is 2.16. The second-order valence-corrected chi connectivity index (χ2v) is 4.67. The van der Waals surface area contributed by atoms with Crippen LogP contribution in [0.4, 0.5) is 0 Å². The molecule has 0 bridgehead atoms. The number of hydrogen-bond acceptors (Lipinski definition) is 3. The van der Waals surface area contributed by atoms with E-state index >= 15 is 0 Å². The summed E-state index contributed by atoms with van der Waals surface area (Å²) in [6.07, 6.45) is 5.11. The molecule has 1 aliphatic rings. The Morgan fingerprint density at radius 3 is 2.43 bits per heavy atom. The fourth-order valence-electron chi connectivity index (χ4n) is 1.67. The van der Waals surface area contributed by atoms with Gasteiger partial charge in [0.05, 0.1) is 5.60 Å². The van der Waals surface area contributed by atoms with Gasteiger partial charge in [-0.3, -0.25) is 5.43 Å². The summed E-state index contributed by atoms with van der Waals surface area (Å²) in [4.78, 5) is 0. The van der Waals surface area contributed by atoms with Crippen molar-refractivity contribution in [2.45, 2.75) is 45.1 Å². The molecule has 1 N–H and O–H groups in total. The molecule has 0 radical (unpaired) electrons. The molecule has 1 saturated heterocycles. The number of rotatable bonds is 5. The second-order valence-electron chi connectivity index (χ2n) is 4.67. The fourth-order valence-corrected chi connectivity index (χ4v) is 1.67. The maximum atomic E-state index is 5.37. The Hall–Kier alpha value is -0.120. The van der Waals surface area contributed by atoms with E-state index in [1.54, 1.807) is 7.11 Å². The minimum Gasteiger partial charge on any atom is -0.379 e. The molecule has 0 saturated carbocycles. The van der Waals surface area contributed by atoms with Crippen molar-refractivity contribution in [3.05, 3.63) is 0 Å². The van der Waals surface area contributed by atoms with Gasteiger partial charge in [0.25, 0.3) is 0 Å². The van der Waals surface area contributed by atoms with E-state index in [1.165, 1.54) is 32.4 Å². The molecular formula is C11H24N2O. The van der Waals surface area contributed by atoms with Crippen molar-refractivity contribution in [2.24, 2.45) is 0 Å². The van der Waals surface area contributed by atoms with Gasteiger partial charge in [0.1, 0.15) is 0 Å². The van der Waals surface area contributed by atoms with E-state index in [9.17, 15) is 0 Å². The Kier molecular flexibility index (Phi) is 4.85. The quantitative estimate of drug-likeness (QED) is 0.732. The minimum absolute atomic E-state index is 0.00276. The third-order valence-corrected chi connectivity index (χ3v) is 2.97. The lowest BCUT2D eigenvalue weighted by Gasteiger charge is -2.29. The van der Waals surface area contributed by atoms with Gasteiger partial charge in [0.15, 0.2) is 0 Å². The summed E-state index contributed by atoms with van der Waals surface area (Å²) < 4.78 is 5.37. The standard InChI is InChI=1S/C11H24N2O/c1-11(2,14-3)7-8-12-13-9-5-4-6-10-13/h12H,4-10H2,1-3H3. The molecule has 3 heteroatoms. The van der Waals surface area contributed by atoms with Gasteiger partial charge in [-0.25, -0.2) is 5.01 Å². The average molecular weight is 200 g/mol. The Balaban J connectivity index is 2.08. The monoisotopic (exact) mass is 200 g/mol. The number of piperidine rings is 1. The lowest BCUT2D eigenvalue weighted by atomic mass is 10.1. The maximum Gasteiger partial charge on any atom is 0.0635 e. The SMILES string of the molecule is COC(C)(C)CCNN1CCCCC1. The van der Waals surface area contributed by atoms with Gasteiger partial charge in [-0.15, -0.1) is 0 Å². The van der Waals surface area contributed by atoms with Gasteiger partial charge in [-0.1, -0.05) is 6.42 Å². The summed E-state index contributed by atoms with van der Waals surface area (Å²) in [7, 11) is 1.78. The van der Waals surface area contributed by atoms with Crippen LogP contribution in [-0.4, -0.2) is 37.4 Å². The van der Waals surface area contributed by atoms with Crippen LogP contribution in [0.25, 0.3) is 0 Å². The van der Waals surface area contributed by atoms with E-state index in [1.807, 2.05) is 0 Å². The van der Waals surface area contributed by atoms with Crippen molar-refractivity contribution in [1.29, 1.82) is 0 Å². The molecule has 1 heterocycles. The normalized spacial score (nSPS) is 19.9. The summed E-state index contributed by atoms with van der Waals surface area (Å²) in [5.74, 6) is 0. The van der Waals surface area contributed by atoms with Crippen molar-refractivity contribution in [3.63, 3.8) is 0 Å². The van der Waals surface area contributed by atoms with Crippen molar-refractivity contribution in [3.8, 4) is 0 Å². The van der Waals surface area contributed by atoms with Crippen LogP contribution >= 0.6 is 0 Å². The highest BCUT2D eigenvalue weighted by molar-refractivity contribution is 4.69. The van der Waals surface area contributed by atoms with Gasteiger partial charge >= 0.3 is 0 Å². The molecule has 0 aliphatic carbocycles. The van der Waals surface area contributed by atoms with E-state index in [0.717, 1.165) is 13.0 Å². The fraction of sp³-hybridized carbons (Fsp3) is 1.00. The van der Waals surface area contributed by atoms with E-state index in [0.29, 0.717) is 0 Å². The molecule has 0 amide bonds. The zero-order chi connectivity index (χ0) is 10.4. The highest BCUT2D eigenvalue weighted by Crippen LogP contribution is 2.12. The van der Waals surface area contributed by atoms with Crippen molar-refractivity contribution < 1.29 is 4.74 Å². The third kappa shape index (κ3) is 4.40. The second kappa shape index (κ2) is 5.69. The molecule has 1 fully saturated rings. The average Bonchev–Trinajstić information content (AvgIpc) is 2.19. The number of hydrazine groups is 1.